The fourth-order valence-electron chi connectivity index (χ4n) is 7.87. The molecule has 4 heterocycles. The molecule has 0 aliphatic carbocycles. The molecule has 11 nitrogen and oxygen atoms in total. The Morgan fingerprint density at radius 1 is 0.714 bits per heavy atom. The van der Waals surface area contributed by atoms with Crippen LogP contribution in [0.25, 0.3) is 21.8 Å². The largest absolute Gasteiger partial charge is 0.493 e. The number of carbonyl (C=O) groups is 2. The molecule has 6 aromatic rings. The fraction of sp³-hybridized carbons (Fsp3) is 0.375. The zero-order valence-corrected chi connectivity index (χ0v) is 41.1. The first kappa shape index (κ1) is 47.8. The van der Waals surface area contributed by atoms with Crippen molar-refractivity contribution in [1.29, 1.82) is 2.67 Å². The van der Waals surface area contributed by atoms with E-state index in [-0.39, 0.29) is 66.3 Å². The number of carbonyl (C=O) groups excluding carboxylic acids is 1. The number of rotatable bonds is 10. The van der Waals surface area contributed by atoms with Crippen molar-refractivity contribution in [3.8, 4) is 11.5 Å². The maximum atomic E-state index is 13.5. The van der Waals surface area contributed by atoms with E-state index in [1.807, 2.05) is 73.5 Å². The SMILES string of the molecule is CCOc1cc2[nH]ccc2cc1C(=O)N1C[C@H](C)N(Cc2ccc(F)cc2)C[C@H]1C.CCOc1cc2[nH]ccc2cc1C(=O)O.C[C@@H]1CN(Cc2ccc(F)cc2)[C@@H](C)CN1.[3H][B][3H].[U]. The number of ether oxygens (including phenoxy) is 2. The molecule has 15 heteroatoms. The second kappa shape index (κ2) is 23.9. The standard InChI is InChI=1S/C24H28FN3O2.C13H19FN2.C11H11NO3.BH2.U/c1-4-30-23-12-22-19(9-10-26-22)11-21(23)24(29)28-14-16(2)27(13-17(28)3)15-18-5-7-20(25)8-6-18;1-10-8-16(11(2)7-15-10)9-12-3-5-13(14)6-4-12;1-2-15-10-6-9-7(3-4-12-9)5-8(10)11(13)14;;/h5-12,16-17,26H,4,13-15H2,1-3H3;3-6,10-11,15H,7-9H2,1-2H3;3-6,12H,2H2,1H3,(H,13,14);1H2;/t16-,17+;10-,11+;;;/m01.../s1/i;;;1T2;. The van der Waals surface area contributed by atoms with E-state index in [2.05, 4.69) is 52.8 Å². The summed E-state index contributed by atoms with van der Waals surface area (Å²) in [5, 5.41) is 14.3. The van der Waals surface area contributed by atoms with Gasteiger partial charge in [-0.3, -0.25) is 14.6 Å². The average molecular weight is 1090 g/mol. The van der Waals surface area contributed by atoms with Gasteiger partial charge in [-0.1, -0.05) is 24.3 Å². The zero-order chi connectivity index (χ0) is 46.3. The third-order valence-electron chi connectivity index (χ3n) is 11.2. The van der Waals surface area contributed by atoms with E-state index < -0.39 is 5.97 Å². The predicted molar refractivity (Wildman–Crippen MR) is 245 cm³/mol. The van der Waals surface area contributed by atoms with Gasteiger partial charge in [-0.2, -0.15) is 0 Å². The number of amides is 1. The van der Waals surface area contributed by atoms with Crippen molar-refractivity contribution < 1.29 is 64.1 Å². The van der Waals surface area contributed by atoms with Gasteiger partial charge in [0.1, 0.15) is 28.7 Å². The number of aromatic nitrogens is 2. The molecule has 4 N–H and O–H groups in total. The van der Waals surface area contributed by atoms with E-state index in [1.165, 1.54) is 29.8 Å². The number of carboxylic acids is 1. The van der Waals surface area contributed by atoms with Gasteiger partial charge in [0.05, 0.1) is 27.1 Å². The number of hydrogen-bond acceptors (Lipinski definition) is 7. The normalized spacial score (nSPS) is 19.1. The van der Waals surface area contributed by atoms with Gasteiger partial charge in [0.15, 0.2) is 0 Å². The Morgan fingerprint density at radius 3 is 1.68 bits per heavy atom. The fourth-order valence-corrected chi connectivity index (χ4v) is 7.87. The Balaban J connectivity index is 0.000000223. The van der Waals surface area contributed by atoms with Crippen LogP contribution < -0.4 is 14.8 Å². The molecular formula is C48H60BF2N6O5U. The van der Waals surface area contributed by atoms with Crippen LogP contribution in [0.2, 0.25) is 0 Å². The first-order chi connectivity index (χ1) is 30.7. The minimum Gasteiger partial charge on any atom is -0.493 e. The van der Waals surface area contributed by atoms with E-state index in [1.54, 1.807) is 18.3 Å². The zero-order valence-electron chi connectivity index (χ0n) is 39.0. The summed E-state index contributed by atoms with van der Waals surface area (Å²) in [4.78, 5) is 37.4. The molecular weight excluding hydrogens is 1030 g/mol. The van der Waals surface area contributed by atoms with Crippen molar-refractivity contribution >= 4 is 42.0 Å². The molecule has 0 bridgehead atoms. The first-order valence-corrected chi connectivity index (χ1v) is 21.1. The van der Waals surface area contributed by atoms with Crippen molar-refractivity contribution in [2.45, 2.75) is 78.8 Å². The number of aromatic carboxylic acids is 1. The first-order valence-electron chi connectivity index (χ1n) is 22.2. The number of H-pyrrole nitrogens is 2. The van der Waals surface area contributed by atoms with Crippen molar-refractivity contribution in [3.05, 3.63) is 131 Å². The maximum Gasteiger partial charge on any atom is 0.339 e. The average Bonchev–Trinajstić information content (AvgIpc) is 3.94. The number of halogens is 2. The molecule has 8 rings (SSSR count). The Bertz CT molecular complexity index is 2410. The second-order valence-electron chi connectivity index (χ2n) is 15.9. The number of aromatic amines is 2. The van der Waals surface area contributed by atoms with Crippen molar-refractivity contribution in [3.63, 3.8) is 0 Å². The van der Waals surface area contributed by atoms with Gasteiger partial charge in [-0.05, 0) is 104 Å². The summed E-state index contributed by atoms with van der Waals surface area (Å²) in [6.45, 7) is 18.5. The molecule has 4 atom stereocenters. The Labute approximate surface area is 397 Å². The molecule has 0 saturated carbocycles. The van der Waals surface area contributed by atoms with Gasteiger partial charge in [0.2, 0.25) is 0 Å². The number of piperazine rings is 2. The van der Waals surface area contributed by atoms with Crippen LogP contribution in [0.1, 0.15) is 73.4 Å². The molecule has 0 spiro atoms. The molecule has 1 radical (unpaired) electrons. The van der Waals surface area contributed by atoms with Crippen LogP contribution in [0.4, 0.5) is 8.78 Å². The van der Waals surface area contributed by atoms with Gasteiger partial charge >= 0.3 is 5.97 Å². The number of carboxylic acid groups (broad SMARTS) is 1. The van der Waals surface area contributed by atoms with E-state index in [4.69, 9.17) is 17.3 Å². The van der Waals surface area contributed by atoms with Gasteiger partial charge in [-0.25, -0.2) is 13.6 Å². The summed E-state index contributed by atoms with van der Waals surface area (Å²) >= 11 is 0. The van der Waals surface area contributed by atoms with Gasteiger partial charge < -0.3 is 34.8 Å². The Hall–Kier alpha value is -4.64. The summed E-state index contributed by atoms with van der Waals surface area (Å²) in [5.41, 5.74) is 4.90. The summed E-state index contributed by atoms with van der Waals surface area (Å²) in [6.07, 6.45) is 3.64. The number of nitrogens with one attached hydrogen (secondary N) is 3. The molecule has 63 heavy (non-hydrogen) atoms. The minimum atomic E-state index is -0.971. The topological polar surface area (TPSA) is 126 Å². The third-order valence-corrected chi connectivity index (χ3v) is 11.2. The number of fused-ring (bicyclic) bond motifs is 2. The maximum absolute atomic E-state index is 13.5. The second-order valence-corrected chi connectivity index (χ2v) is 15.9. The van der Waals surface area contributed by atoms with Crippen molar-refractivity contribution in [1.82, 2.24) is 30.0 Å². The number of benzene rings is 4. The van der Waals surface area contributed by atoms with Gasteiger partial charge in [0, 0.05) is 141 Å². The molecule has 1 amide bonds. The van der Waals surface area contributed by atoms with Crippen LogP contribution in [0, 0.1) is 42.7 Å². The van der Waals surface area contributed by atoms with Crippen LogP contribution in [-0.4, -0.2) is 116 Å². The predicted octanol–water partition coefficient (Wildman–Crippen LogP) is 7.80. The molecule has 2 aliphatic heterocycles. The van der Waals surface area contributed by atoms with Crippen LogP contribution in [0.5, 0.6) is 11.5 Å². The van der Waals surface area contributed by atoms with Gasteiger partial charge in [-0.15, -0.1) is 0 Å². The molecule has 2 aromatic heterocycles. The minimum absolute atomic E-state index is 0. The van der Waals surface area contributed by atoms with Gasteiger partial charge in [0.25, 0.3) is 5.91 Å². The van der Waals surface area contributed by atoms with E-state index in [9.17, 15) is 18.4 Å². The summed E-state index contributed by atoms with van der Waals surface area (Å²) < 4.78 is 48.5. The van der Waals surface area contributed by atoms with Crippen LogP contribution in [0.15, 0.2) is 97.3 Å². The van der Waals surface area contributed by atoms with Crippen LogP contribution >= 0.6 is 0 Å². The van der Waals surface area contributed by atoms with Crippen molar-refractivity contribution in [2.24, 2.45) is 0 Å². The Morgan fingerprint density at radius 2 is 1.19 bits per heavy atom. The third kappa shape index (κ3) is 13.4. The number of nitrogens with zero attached hydrogens (tertiary/aromatic N) is 3. The molecule has 333 valence electrons. The molecule has 2 fully saturated rings. The van der Waals surface area contributed by atoms with E-state index in [0.29, 0.717) is 57.2 Å². The van der Waals surface area contributed by atoms with E-state index in [0.717, 1.165) is 60.1 Å². The monoisotopic (exact) mass is 1090 g/mol. The quantitative estimate of drug-likeness (QED) is 0.103. The summed E-state index contributed by atoms with van der Waals surface area (Å²) in [6, 6.07) is 25.7. The molecule has 2 aliphatic rings. The number of hydrogen-bond donors (Lipinski definition) is 4. The van der Waals surface area contributed by atoms with Crippen LogP contribution in [0.3, 0.4) is 0 Å². The summed E-state index contributed by atoms with van der Waals surface area (Å²) in [5.74, 6) is -0.333. The van der Waals surface area contributed by atoms with Crippen LogP contribution in [-0.2, 0) is 13.1 Å². The molecule has 2 saturated heterocycles. The van der Waals surface area contributed by atoms with E-state index >= 15 is 0 Å². The smallest absolute Gasteiger partial charge is 0.339 e. The molecule has 4 aromatic carbocycles. The summed E-state index contributed by atoms with van der Waals surface area (Å²) in [7, 11) is 0.500. The van der Waals surface area contributed by atoms with Crippen molar-refractivity contribution in [2.75, 3.05) is 39.4 Å². The Kier molecular flexibility index (Phi) is 18.1. The molecule has 0 unspecified atom stereocenters.